The van der Waals surface area contributed by atoms with Crippen molar-refractivity contribution in [1.82, 2.24) is 0 Å². The van der Waals surface area contributed by atoms with Crippen molar-refractivity contribution in [3.8, 4) is 5.75 Å². The van der Waals surface area contributed by atoms with Gasteiger partial charge in [-0.25, -0.2) is 0 Å². The molecule has 6 heteroatoms. The van der Waals surface area contributed by atoms with Gasteiger partial charge in [0.25, 0.3) is 11.8 Å². The Morgan fingerprint density at radius 2 is 1.71 bits per heavy atom. The number of carbonyl (C=O) groups excluding carboxylic acids is 2. The smallest absolute Gasteiger partial charge is 0.265 e. The van der Waals surface area contributed by atoms with E-state index in [1.54, 1.807) is 43.5 Å². The molecule has 0 spiro atoms. The van der Waals surface area contributed by atoms with Gasteiger partial charge < -0.3 is 15.4 Å². The summed E-state index contributed by atoms with van der Waals surface area (Å²) in [5.41, 5.74) is 2.93. The van der Waals surface area contributed by atoms with E-state index in [0.717, 1.165) is 11.3 Å². The number of para-hydroxylation sites is 2. The van der Waals surface area contributed by atoms with Gasteiger partial charge in [0.05, 0.1) is 17.7 Å². The quantitative estimate of drug-likeness (QED) is 0.609. The average molecular weight is 394 g/mol. The Morgan fingerprint density at radius 3 is 2.36 bits per heavy atom. The number of anilines is 2. The number of benzene rings is 2. The topological polar surface area (TPSA) is 67.4 Å². The molecule has 144 valence electrons. The third kappa shape index (κ3) is 4.40. The zero-order valence-electron chi connectivity index (χ0n) is 16.0. The van der Waals surface area contributed by atoms with Crippen molar-refractivity contribution in [3.63, 3.8) is 0 Å². The molecule has 0 unspecified atom stereocenters. The number of thiophene rings is 1. The average Bonchev–Trinajstić information content (AvgIpc) is 3.10. The number of rotatable bonds is 6. The standard InChI is InChI=1S/C22H22N2O3S/c1-4-15-13-20(28-14(15)2)22(26)23-17-11-9-16(10-12-17)21(25)24-18-7-5-6-8-19(18)27-3/h5-13H,4H2,1-3H3,(H,23,26)(H,24,25). The van der Waals surface area contributed by atoms with E-state index in [1.807, 2.05) is 25.1 Å². The first-order valence-corrected chi connectivity index (χ1v) is 9.78. The van der Waals surface area contributed by atoms with Crippen LogP contribution in [0.4, 0.5) is 11.4 Å². The molecule has 3 rings (SSSR count). The number of amides is 2. The fourth-order valence-electron chi connectivity index (χ4n) is 2.82. The number of carbonyl (C=O) groups is 2. The van der Waals surface area contributed by atoms with Crippen molar-refractivity contribution in [2.45, 2.75) is 20.3 Å². The predicted octanol–water partition coefficient (Wildman–Crippen LogP) is 5.13. The molecular formula is C22H22N2O3S. The summed E-state index contributed by atoms with van der Waals surface area (Å²) in [5, 5.41) is 5.71. The minimum atomic E-state index is -0.246. The maximum Gasteiger partial charge on any atom is 0.265 e. The molecule has 0 aliphatic rings. The third-order valence-electron chi connectivity index (χ3n) is 4.39. The van der Waals surface area contributed by atoms with Crippen LogP contribution in [-0.2, 0) is 6.42 Å². The lowest BCUT2D eigenvalue weighted by Gasteiger charge is -2.10. The van der Waals surface area contributed by atoms with Crippen molar-refractivity contribution in [2.75, 3.05) is 17.7 Å². The molecule has 0 bridgehead atoms. The monoisotopic (exact) mass is 394 g/mol. The van der Waals surface area contributed by atoms with Crippen molar-refractivity contribution in [2.24, 2.45) is 0 Å². The first-order valence-electron chi connectivity index (χ1n) is 8.97. The summed E-state index contributed by atoms with van der Waals surface area (Å²) < 4.78 is 5.24. The Kier molecular flexibility index (Phi) is 6.11. The van der Waals surface area contributed by atoms with Gasteiger partial charge in [-0.15, -0.1) is 11.3 Å². The Bertz CT molecular complexity index is 993. The van der Waals surface area contributed by atoms with Crippen LogP contribution >= 0.6 is 11.3 Å². The molecule has 1 heterocycles. The summed E-state index contributed by atoms with van der Waals surface area (Å²) in [5.74, 6) is 0.209. The first-order chi connectivity index (χ1) is 13.5. The summed E-state index contributed by atoms with van der Waals surface area (Å²) in [6.45, 7) is 4.10. The molecule has 0 aliphatic heterocycles. The summed E-state index contributed by atoms with van der Waals surface area (Å²) in [6, 6.07) is 16.0. The fraction of sp³-hybridized carbons (Fsp3) is 0.182. The molecule has 2 N–H and O–H groups in total. The van der Waals surface area contributed by atoms with Gasteiger partial charge in [0.15, 0.2) is 0 Å². The Labute approximate surface area is 168 Å². The van der Waals surface area contributed by atoms with Crippen LogP contribution < -0.4 is 15.4 Å². The minimum absolute atomic E-state index is 0.140. The van der Waals surface area contributed by atoms with Gasteiger partial charge in [0, 0.05) is 16.1 Å². The molecule has 0 fully saturated rings. The van der Waals surface area contributed by atoms with Crippen LogP contribution in [0.5, 0.6) is 5.75 Å². The van der Waals surface area contributed by atoms with E-state index in [1.165, 1.54) is 16.9 Å². The molecule has 0 saturated heterocycles. The molecule has 0 saturated carbocycles. The van der Waals surface area contributed by atoms with E-state index in [0.29, 0.717) is 27.6 Å². The molecular weight excluding hydrogens is 372 g/mol. The van der Waals surface area contributed by atoms with Gasteiger partial charge in [-0.05, 0) is 61.4 Å². The minimum Gasteiger partial charge on any atom is -0.495 e. The lowest BCUT2D eigenvalue weighted by molar-refractivity contribution is 0.102. The zero-order valence-corrected chi connectivity index (χ0v) is 16.9. The highest BCUT2D eigenvalue weighted by Gasteiger charge is 2.13. The highest BCUT2D eigenvalue weighted by atomic mass is 32.1. The van der Waals surface area contributed by atoms with Gasteiger partial charge in [-0.1, -0.05) is 19.1 Å². The third-order valence-corrected chi connectivity index (χ3v) is 5.48. The molecule has 0 atom stereocenters. The molecule has 1 aromatic heterocycles. The predicted molar refractivity (Wildman–Crippen MR) is 114 cm³/mol. The number of nitrogens with one attached hydrogen (secondary N) is 2. The largest absolute Gasteiger partial charge is 0.495 e. The number of hydrogen-bond donors (Lipinski definition) is 2. The Balaban J connectivity index is 1.67. The van der Waals surface area contributed by atoms with E-state index in [2.05, 4.69) is 17.6 Å². The van der Waals surface area contributed by atoms with Crippen molar-refractivity contribution in [3.05, 3.63) is 75.5 Å². The molecule has 3 aromatic rings. The number of ether oxygens (including phenoxy) is 1. The Morgan fingerprint density at radius 1 is 1.00 bits per heavy atom. The highest BCUT2D eigenvalue weighted by molar-refractivity contribution is 7.14. The highest BCUT2D eigenvalue weighted by Crippen LogP contribution is 2.25. The maximum absolute atomic E-state index is 12.5. The normalized spacial score (nSPS) is 10.4. The number of methoxy groups -OCH3 is 1. The lowest BCUT2D eigenvalue weighted by atomic mass is 10.1. The van der Waals surface area contributed by atoms with Crippen molar-refractivity contribution in [1.29, 1.82) is 0 Å². The van der Waals surface area contributed by atoms with E-state index >= 15 is 0 Å². The second-order valence-corrected chi connectivity index (χ2v) is 7.49. The number of aryl methyl sites for hydroxylation is 2. The molecule has 2 aromatic carbocycles. The van der Waals surface area contributed by atoms with E-state index in [9.17, 15) is 9.59 Å². The maximum atomic E-state index is 12.5. The fourth-order valence-corrected chi connectivity index (χ4v) is 3.83. The summed E-state index contributed by atoms with van der Waals surface area (Å²) >= 11 is 1.49. The van der Waals surface area contributed by atoms with Gasteiger partial charge in [0.1, 0.15) is 5.75 Å². The molecule has 5 nitrogen and oxygen atoms in total. The van der Waals surface area contributed by atoms with Crippen LogP contribution in [0.3, 0.4) is 0 Å². The second kappa shape index (κ2) is 8.71. The molecule has 0 radical (unpaired) electrons. The van der Waals surface area contributed by atoms with Crippen LogP contribution in [0.25, 0.3) is 0 Å². The molecule has 2 amide bonds. The van der Waals surface area contributed by atoms with Crippen LogP contribution in [0.15, 0.2) is 54.6 Å². The van der Waals surface area contributed by atoms with E-state index in [4.69, 9.17) is 4.74 Å². The van der Waals surface area contributed by atoms with Gasteiger partial charge >= 0.3 is 0 Å². The summed E-state index contributed by atoms with van der Waals surface area (Å²) in [7, 11) is 1.56. The molecule has 28 heavy (non-hydrogen) atoms. The van der Waals surface area contributed by atoms with Crippen molar-refractivity contribution < 1.29 is 14.3 Å². The van der Waals surface area contributed by atoms with Crippen LogP contribution in [0.1, 0.15) is 37.4 Å². The van der Waals surface area contributed by atoms with Crippen LogP contribution in [0, 0.1) is 6.92 Å². The van der Waals surface area contributed by atoms with Gasteiger partial charge in [-0.3, -0.25) is 9.59 Å². The van der Waals surface area contributed by atoms with E-state index in [-0.39, 0.29) is 11.8 Å². The first kappa shape index (κ1) is 19.6. The van der Waals surface area contributed by atoms with Gasteiger partial charge in [0.2, 0.25) is 0 Å². The molecule has 0 aliphatic carbocycles. The Hall–Kier alpha value is -3.12. The second-order valence-electron chi connectivity index (χ2n) is 6.23. The van der Waals surface area contributed by atoms with Gasteiger partial charge in [-0.2, -0.15) is 0 Å². The number of hydrogen-bond acceptors (Lipinski definition) is 4. The van der Waals surface area contributed by atoms with E-state index < -0.39 is 0 Å². The lowest BCUT2D eigenvalue weighted by Crippen LogP contribution is -2.13. The SMILES string of the molecule is CCc1cc(C(=O)Nc2ccc(C(=O)Nc3ccccc3OC)cc2)sc1C. The van der Waals surface area contributed by atoms with Crippen LogP contribution in [-0.4, -0.2) is 18.9 Å². The zero-order chi connectivity index (χ0) is 20.1. The van der Waals surface area contributed by atoms with Crippen molar-refractivity contribution >= 4 is 34.5 Å². The summed E-state index contributed by atoms with van der Waals surface area (Å²) in [6.07, 6.45) is 0.908. The van der Waals surface area contributed by atoms with Crippen LogP contribution in [0.2, 0.25) is 0 Å². The summed E-state index contributed by atoms with van der Waals surface area (Å²) in [4.78, 5) is 26.7.